The number of rotatable bonds is 4. The van der Waals surface area contributed by atoms with Gasteiger partial charge in [0, 0.05) is 19.2 Å². The molecule has 0 aliphatic carbocycles. The highest BCUT2D eigenvalue weighted by atomic mass is 79.9. The molecule has 0 spiro atoms. The van der Waals surface area contributed by atoms with Crippen molar-refractivity contribution in [3.63, 3.8) is 0 Å². The van der Waals surface area contributed by atoms with Gasteiger partial charge in [-0.1, -0.05) is 0 Å². The minimum atomic E-state index is -3.68. The Kier molecular flexibility index (Phi) is 4.05. The molecule has 1 aromatic carbocycles. The molecule has 8 heteroatoms. The number of benzene rings is 1. The van der Waals surface area contributed by atoms with Crippen LogP contribution in [0.1, 0.15) is 0 Å². The lowest BCUT2D eigenvalue weighted by atomic mass is 10.2. The van der Waals surface area contributed by atoms with Crippen molar-refractivity contribution in [2.24, 2.45) is 0 Å². The van der Waals surface area contributed by atoms with Gasteiger partial charge in [-0.2, -0.15) is 4.31 Å². The third kappa shape index (κ3) is 2.58. The Morgan fingerprint density at radius 3 is 2.32 bits per heavy atom. The molecule has 1 aromatic rings. The van der Waals surface area contributed by atoms with E-state index < -0.39 is 16.1 Å². The Hall–Kier alpha value is -0.830. The van der Waals surface area contributed by atoms with Crippen molar-refractivity contribution < 1.29 is 23.0 Å². The Bertz CT molecular complexity index is 583. The molecule has 19 heavy (non-hydrogen) atoms. The molecule has 0 saturated carbocycles. The lowest BCUT2D eigenvalue weighted by Crippen LogP contribution is -2.53. The third-order valence-corrected chi connectivity index (χ3v) is 5.36. The van der Waals surface area contributed by atoms with Crippen molar-refractivity contribution in [1.29, 1.82) is 0 Å². The van der Waals surface area contributed by atoms with E-state index >= 15 is 0 Å². The third-order valence-electron chi connectivity index (χ3n) is 2.88. The number of β-amino-alcohol motifs (C(OH)–C–C–N with tert-alkyl or cyclic N) is 1. The fourth-order valence-electron chi connectivity index (χ4n) is 1.79. The molecular weight excluding hydrogens is 338 g/mol. The average Bonchev–Trinajstić information content (AvgIpc) is 2.34. The molecule has 0 bridgehead atoms. The first-order chi connectivity index (χ1) is 8.90. The highest BCUT2D eigenvalue weighted by Crippen LogP contribution is 2.37. The molecule has 1 N–H and O–H groups in total. The maximum Gasteiger partial charge on any atom is 0.247 e. The van der Waals surface area contributed by atoms with Crippen LogP contribution < -0.4 is 9.47 Å². The Labute approximate surface area is 120 Å². The summed E-state index contributed by atoms with van der Waals surface area (Å²) in [6, 6.07) is 2.95. The molecule has 106 valence electrons. The number of sulfonamides is 1. The van der Waals surface area contributed by atoms with Gasteiger partial charge in [0.2, 0.25) is 10.0 Å². The number of aliphatic hydroxyl groups is 1. The second-order valence-corrected chi connectivity index (χ2v) is 6.87. The smallest absolute Gasteiger partial charge is 0.247 e. The topological polar surface area (TPSA) is 76.1 Å². The maximum absolute atomic E-state index is 12.4. The average molecular weight is 352 g/mol. The van der Waals surface area contributed by atoms with E-state index in [-0.39, 0.29) is 23.7 Å². The number of hydrogen-bond donors (Lipinski definition) is 1. The first-order valence-electron chi connectivity index (χ1n) is 5.50. The lowest BCUT2D eigenvalue weighted by Gasteiger charge is -2.34. The van der Waals surface area contributed by atoms with Crippen molar-refractivity contribution in [3.05, 3.63) is 16.6 Å². The van der Waals surface area contributed by atoms with Gasteiger partial charge in [0.05, 0.1) is 24.8 Å². The molecule has 0 radical (unpaired) electrons. The first kappa shape index (κ1) is 14.6. The number of aliphatic hydroxyl groups excluding tert-OH is 1. The van der Waals surface area contributed by atoms with E-state index in [2.05, 4.69) is 15.9 Å². The molecule has 0 amide bonds. The summed E-state index contributed by atoms with van der Waals surface area (Å²) in [6.07, 6.45) is -0.599. The molecule has 6 nitrogen and oxygen atoms in total. The van der Waals surface area contributed by atoms with Crippen LogP contribution in [0.2, 0.25) is 0 Å². The summed E-state index contributed by atoms with van der Waals surface area (Å²) in [5, 5.41) is 9.23. The zero-order valence-corrected chi connectivity index (χ0v) is 12.9. The predicted octanol–water partition coefficient (Wildman–Crippen LogP) is 0.831. The summed E-state index contributed by atoms with van der Waals surface area (Å²) >= 11 is 3.27. The molecule has 1 aliphatic rings. The van der Waals surface area contributed by atoms with E-state index in [1.165, 1.54) is 24.6 Å². The van der Waals surface area contributed by atoms with Gasteiger partial charge in [0.15, 0.2) is 0 Å². The Morgan fingerprint density at radius 2 is 1.84 bits per heavy atom. The summed E-state index contributed by atoms with van der Waals surface area (Å²) in [4.78, 5) is 0.0296. The van der Waals surface area contributed by atoms with Crippen LogP contribution in [0.4, 0.5) is 0 Å². The van der Waals surface area contributed by atoms with Gasteiger partial charge in [-0.25, -0.2) is 8.42 Å². The normalized spacial score (nSPS) is 17.1. The monoisotopic (exact) mass is 351 g/mol. The van der Waals surface area contributed by atoms with Gasteiger partial charge in [0.25, 0.3) is 0 Å². The van der Waals surface area contributed by atoms with E-state index in [1.807, 2.05) is 0 Å². The first-order valence-corrected chi connectivity index (χ1v) is 7.73. The van der Waals surface area contributed by atoms with Crippen molar-refractivity contribution in [2.75, 3.05) is 27.3 Å². The van der Waals surface area contributed by atoms with Crippen molar-refractivity contribution >= 4 is 26.0 Å². The SMILES string of the molecule is COc1cc(S(=O)(=O)N2CC(O)C2)c(OC)cc1Br. The number of nitrogens with zero attached hydrogens (tertiary/aromatic N) is 1. The molecule has 0 atom stereocenters. The number of halogens is 1. The lowest BCUT2D eigenvalue weighted by molar-refractivity contribution is 0.0547. The van der Waals surface area contributed by atoms with E-state index in [1.54, 1.807) is 6.07 Å². The van der Waals surface area contributed by atoms with Crippen LogP contribution in [0.5, 0.6) is 11.5 Å². The van der Waals surface area contributed by atoms with E-state index in [0.29, 0.717) is 10.2 Å². The van der Waals surface area contributed by atoms with E-state index in [9.17, 15) is 13.5 Å². The fraction of sp³-hybridized carbons (Fsp3) is 0.455. The van der Waals surface area contributed by atoms with Crippen LogP contribution in [0.3, 0.4) is 0 Å². The van der Waals surface area contributed by atoms with Gasteiger partial charge in [-0.15, -0.1) is 0 Å². The number of ether oxygens (including phenoxy) is 2. The summed E-state index contributed by atoms with van der Waals surface area (Å²) < 4.78 is 36.8. The largest absolute Gasteiger partial charge is 0.496 e. The van der Waals surface area contributed by atoms with E-state index in [0.717, 1.165) is 0 Å². The number of hydrogen-bond acceptors (Lipinski definition) is 5. The molecular formula is C11H14BrNO5S. The molecule has 1 heterocycles. The quantitative estimate of drug-likeness (QED) is 0.869. The molecule has 0 unspecified atom stereocenters. The summed E-state index contributed by atoms with van der Waals surface area (Å²) in [5.74, 6) is 0.634. The van der Waals surface area contributed by atoms with Gasteiger partial charge >= 0.3 is 0 Å². The molecule has 0 aromatic heterocycles. The molecule has 1 fully saturated rings. The van der Waals surface area contributed by atoms with Crippen molar-refractivity contribution in [1.82, 2.24) is 4.31 Å². The van der Waals surface area contributed by atoms with Crippen LogP contribution in [0.25, 0.3) is 0 Å². The summed E-state index contributed by atoms with van der Waals surface area (Å²) in [6.45, 7) is 0.202. The van der Waals surface area contributed by atoms with Crippen LogP contribution in [0.15, 0.2) is 21.5 Å². The highest BCUT2D eigenvalue weighted by Gasteiger charge is 2.37. The van der Waals surface area contributed by atoms with E-state index in [4.69, 9.17) is 9.47 Å². The van der Waals surface area contributed by atoms with Gasteiger partial charge in [-0.05, 0) is 22.0 Å². The Balaban J connectivity index is 2.48. The second kappa shape index (κ2) is 5.28. The standard InChI is InChI=1S/C11H14BrNO5S/c1-17-9-4-11(10(18-2)3-8(9)12)19(15,16)13-5-7(14)6-13/h3-4,7,14H,5-6H2,1-2H3. The Morgan fingerprint density at radius 1 is 1.26 bits per heavy atom. The predicted molar refractivity (Wildman–Crippen MR) is 72.0 cm³/mol. The molecule has 2 rings (SSSR count). The molecule has 1 aliphatic heterocycles. The van der Waals surface area contributed by atoms with Crippen molar-refractivity contribution in [3.8, 4) is 11.5 Å². The zero-order valence-electron chi connectivity index (χ0n) is 10.5. The minimum absolute atomic E-state index is 0.0296. The minimum Gasteiger partial charge on any atom is -0.496 e. The van der Waals surface area contributed by atoms with Crippen LogP contribution in [-0.2, 0) is 10.0 Å². The van der Waals surface area contributed by atoms with Gasteiger partial charge < -0.3 is 14.6 Å². The maximum atomic E-state index is 12.4. The zero-order chi connectivity index (χ0) is 14.2. The van der Waals surface area contributed by atoms with Gasteiger partial charge in [-0.3, -0.25) is 0 Å². The second-order valence-electron chi connectivity index (χ2n) is 4.11. The fourth-order valence-corrected chi connectivity index (χ4v) is 3.94. The van der Waals surface area contributed by atoms with Crippen LogP contribution in [0, 0.1) is 0 Å². The van der Waals surface area contributed by atoms with Gasteiger partial charge in [0.1, 0.15) is 16.4 Å². The number of methoxy groups -OCH3 is 2. The van der Waals surface area contributed by atoms with Crippen LogP contribution in [-0.4, -0.2) is 51.2 Å². The molecule has 1 saturated heterocycles. The highest BCUT2D eigenvalue weighted by molar-refractivity contribution is 9.10. The van der Waals surface area contributed by atoms with Crippen molar-refractivity contribution in [2.45, 2.75) is 11.0 Å². The van der Waals surface area contributed by atoms with Crippen LogP contribution >= 0.6 is 15.9 Å². The summed E-state index contributed by atoms with van der Waals surface area (Å²) in [5.41, 5.74) is 0. The summed E-state index contributed by atoms with van der Waals surface area (Å²) in [7, 11) is -0.824.